The smallest absolute Gasteiger partial charge is 0.0470 e. The molecule has 0 spiro atoms. The second-order valence-electron chi connectivity index (χ2n) is 3.25. The first kappa shape index (κ1) is 8.97. The van der Waals surface area contributed by atoms with Gasteiger partial charge in [0.2, 0.25) is 0 Å². The SMILES string of the molecule is NCN(CN)C1CCCCC1. The van der Waals surface area contributed by atoms with Gasteiger partial charge in [-0.15, -0.1) is 0 Å². The maximum Gasteiger partial charge on any atom is 0.0470 e. The Kier molecular flexibility index (Phi) is 3.83. The van der Waals surface area contributed by atoms with Crippen molar-refractivity contribution in [3.8, 4) is 0 Å². The van der Waals surface area contributed by atoms with Crippen LogP contribution in [0.25, 0.3) is 0 Å². The zero-order valence-corrected chi connectivity index (χ0v) is 7.13. The number of hydrogen-bond donors (Lipinski definition) is 2. The van der Waals surface area contributed by atoms with Crippen molar-refractivity contribution < 1.29 is 0 Å². The zero-order valence-electron chi connectivity index (χ0n) is 7.13. The third-order valence-corrected chi connectivity index (χ3v) is 2.56. The van der Waals surface area contributed by atoms with Crippen LogP contribution in [0, 0.1) is 0 Å². The molecule has 11 heavy (non-hydrogen) atoms. The third kappa shape index (κ3) is 2.43. The van der Waals surface area contributed by atoms with Gasteiger partial charge in [0.25, 0.3) is 0 Å². The highest BCUT2D eigenvalue weighted by Crippen LogP contribution is 2.21. The topological polar surface area (TPSA) is 55.3 Å². The summed E-state index contributed by atoms with van der Waals surface area (Å²) in [6.07, 6.45) is 6.66. The van der Waals surface area contributed by atoms with Crippen LogP contribution in [0.5, 0.6) is 0 Å². The van der Waals surface area contributed by atoms with E-state index in [1.807, 2.05) is 0 Å². The summed E-state index contributed by atoms with van der Waals surface area (Å²) in [5.41, 5.74) is 11.1. The molecule has 3 heteroatoms. The van der Waals surface area contributed by atoms with Crippen molar-refractivity contribution in [3.63, 3.8) is 0 Å². The van der Waals surface area contributed by atoms with Gasteiger partial charge in [0.05, 0.1) is 0 Å². The molecule has 0 aliphatic heterocycles. The Morgan fingerprint density at radius 3 is 2.00 bits per heavy atom. The molecule has 0 atom stereocenters. The van der Waals surface area contributed by atoms with Gasteiger partial charge in [0, 0.05) is 19.4 Å². The Bertz CT molecular complexity index is 95.5. The molecule has 1 aliphatic carbocycles. The van der Waals surface area contributed by atoms with Gasteiger partial charge >= 0.3 is 0 Å². The average molecular weight is 157 g/mol. The van der Waals surface area contributed by atoms with Crippen LogP contribution in [0.2, 0.25) is 0 Å². The highest BCUT2D eigenvalue weighted by molar-refractivity contribution is 4.73. The van der Waals surface area contributed by atoms with Gasteiger partial charge in [-0.25, -0.2) is 0 Å². The van der Waals surface area contributed by atoms with E-state index in [9.17, 15) is 0 Å². The van der Waals surface area contributed by atoms with E-state index in [2.05, 4.69) is 4.90 Å². The number of rotatable bonds is 3. The van der Waals surface area contributed by atoms with Gasteiger partial charge in [-0.3, -0.25) is 4.90 Å². The van der Waals surface area contributed by atoms with Crippen LogP contribution in [-0.2, 0) is 0 Å². The normalized spacial score (nSPS) is 21.0. The van der Waals surface area contributed by atoms with Gasteiger partial charge in [-0.05, 0) is 12.8 Å². The summed E-state index contributed by atoms with van der Waals surface area (Å²) in [7, 11) is 0. The van der Waals surface area contributed by atoms with Crippen LogP contribution >= 0.6 is 0 Å². The van der Waals surface area contributed by atoms with Crippen LogP contribution in [0.15, 0.2) is 0 Å². The van der Waals surface area contributed by atoms with E-state index in [-0.39, 0.29) is 0 Å². The standard InChI is InChI=1S/C8H19N3/c9-6-11(7-10)8-4-2-1-3-5-8/h8H,1-7,9-10H2. The van der Waals surface area contributed by atoms with Crippen molar-refractivity contribution in [1.29, 1.82) is 0 Å². The molecule has 0 aromatic heterocycles. The van der Waals surface area contributed by atoms with E-state index < -0.39 is 0 Å². The predicted molar refractivity (Wildman–Crippen MR) is 46.8 cm³/mol. The van der Waals surface area contributed by atoms with Crippen molar-refractivity contribution in [3.05, 3.63) is 0 Å². The van der Waals surface area contributed by atoms with E-state index in [1.165, 1.54) is 32.1 Å². The number of hydrogen-bond acceptors (Lipinski definition) is 3. The van der Waals surface area contributed by atoms with Crippen LogP contribution in [0.3, 0.4) is 0 Å². The van der Waals surface area contributed by atoms with Gasteiger partial charge < -0.3 is 11.5 Å². The van der Waals surface area contributed by atoms with E-state index in [4.69, 9.17) is 11.5 Å². The fourth-order valence-corrected chi connectivity index (χ4v) is 1.82. The Balaban J connectivity index is 2.30. The Morgan fingerprint density at radius 2 is 1.55 bits per heavy atom. The van der Waals surface area contributed by atoms with Crippen molar-refractivity contribution in [2.24, 2.45) is 11.5 Å². The second-order valence-corrected chi connectivity index (χ2v) is 3.25. The fourth-order valence-electron chi connectivity index (χ4n) is 1.82. The van der Waals surface area contributed by atoms with Gasteiger partial charge in [-0.2, -0.15) is 0 Å². The van der Waals surface area contributed by atoms with E-state index in [1.54, 1.807) is 0 Å². The summed E-state index contributed by atoms with van der Waals surface area (Å²) in [6.45, 7) is 1.22. The molecule has 0 bridgehead atoms. The maximum atomic E-state index is 5.56. The summed E-state index contributed by atoms with van der Waals surface area (Å²) in [5.74, 6) is 0. The third-order valence-electron chi connectivity index (χ3n) is 2.56. The van der Waals surface area contributed by atoms with Crippen molar-refractivity contribution >= 4 is 0 Å². The summed E-state index contributed by atoms with van der Waals surface area (Å²) >= 11 is 0. The first-order valence-corrected chi connectivity index (χ1v) is 4.52. The van der Waals surface area contributed by atoms with Gasteiger partial charge in [0.15, 0.2) is 0 Å². The van der Waals surface area contributed by atoms with Crippen LogP contribution in [0.1, 0.15) is 32.1 Å². The molecule has 0 unspecified atom stereocenters. The molecule has 0 aromatic carbocycles. The lowest BCUT2D eigenvalue weighted by Crippen LogP contribution is -2.43. The summed E-state index contributed by atoms with van der Waals surface area (Å²) in [4.78, 5) is 2.17. The molecule has 0 saturated heterocycles. The van der Waals surface area contributed by atoms with E-state index in [0.29, 0.717) is 19.4 Å². The van der Waals surface area contributed by atoms with Crippen molar-refractivity contribution in [1.82, 2.24) is 4.90 Å². The Labute approximate surface area is 68.7 Å². The molecule has 3 nitrogen and oxygen atoms in total. The maximum absolute atomic E-state index is 5.56. The highest BCUT2D eigenvalue weighted by Gasteiger charge is 2.18. The Morgan fingerprint density at radius 1 is 1.00 bits per heavy atom. The van der Waals surface area contributed by atoms with E-state index in [0.717, 1.165) is 0 Å². The van der Waals surface area contributed by atoms with E-state index >= 15 is 0 Å². The van der Waals surface area contributed by atoms with Crippen LogP contribution in [-0.4, -0.2) is 24.3 Å². The highest BCUT2D eigenvalue weighted by atomic mass is 15.2. The fraction of sp³-hybridized carbons (Fsp3) is 1.00. The Hall–Kier alpha value is -0.120. The second kappa shape index (κ2) is 4.70. The zero-order chi connectivity index (χ0) is 8.10. The minimum Gasteiger partial charge on any atom is -0.318 e. The monoisotopic (exact) mass is 157 g/mol. The largest absolute Gasteiger partial charge is 0.318 e. The van der Waals surface area contributed by atoms with Gasteiger partial charge in [0.1, 0.15) is 0 Å². The van der Waals surface area contributed by atoms with Crippen molar-refractivity contribution in [2.45, 2.75) is 38.1 Å². The first-order chi connectivity index (χ1) is 5.38. The lowest BCUT2D eigenvalue weighted by atomic mass is 9.95. The van der Waals surface area contributed by atoms with Crippen molar-refractivity contribution in [2.75, 3.05) is 13.3 Å². The molecule has 1 fully saturated rings. The summed E-state index contributed by atoms with van der Waals surface area (Å²) in [5, 5.41) is 0. The molecular formula is C8H19N3. The number of nitrogens with two attached hydrogens (primary N) is 2. The molecule has 1 rings (SSSR count). The first-order valence-electron chi connectivity index (χ1n) is 4.52. The minimum absolute atomic E-state index is 0.612. The lowest BCUT2D eigenvalue weighted by Gasteiger charge is -2.31. The molecule has 1 aliphatic rings. The number of nitrogens with zero attached hydrogens (tertiary/aromatic N) is 1. The van der Waals surface area contributed by atoms with Gasteiger partial charge in [-0.1, -0.05) is 19.3 Å². The average Bonchev–Trinajstić information content (AvgIpc) is 2.09. The lowest BCUT2D eigenvalue weighted by molar-refractivity contribution is 0.164. The molecular weight excluding hydrogens is 138 g/mol. The van der Waals surface area contributed by atoms with Crippen LogP contribution < -0.4 is 11.5 Å². The summed E-state index contributed by atoms with van der Waals surface area (Å²) in [6, 6.07) is 0.666. The van der Waals surface area contributed by atoms with Crippen LogP contribution in [0.4, 0.5) is 0 Å². The molecule has 4 N–H and O–H groups in total. The predicted octanol–water partition coefficient (Wildman–Crippen LogP) is 0.453. The molecule has 66 valence electrons. The molecule has 1 saturated carbocycles. The molecule has 0 radical (unpaired) electrons. The summed E-state index contributed by atoms with van der Waals surface area (Å²) < 4.78 is 0. The molecule has 0 aromatic rings. The minimum atomic E-state index is 0.612. The molecule has 0 heterocycles. The molecule has 0 amide bonds. The quantitative estimate of drug-likeness (QED) is 0.585.